The maximum atomic E-state index is 12.3. The van der Waals surface area contributed by atoms with Gasteiger partial charge in [-0.25, -0.2) is 0 Å². The van der Waals surface area contributed by atoms with E-state index in [9.17, 15) is 4.79 Å². The third-order valence-corrected chi connectivity index (χ3v) is 3.97. The second-order valence-corrected chi connectivity index (χ2v) is 5.69. The molecule has 1 heterocycles. The minimum atomic E-state index is 0.105. The van der Waals surface area contributed by atoms with E-state index < -0.39 is 0 Å². The zero-order valence-corrected chi connectivity index (χ0v) is 12.9. The highest BCUT2D eigenvalue weighted by atomic mass is 79.9. The first-order chi connectivity index (χ1) is 9.22. The predicted molar refractivity (Wildman–Crippen MR) is 80.2 cm³/mol. The highest BCUT2D eigenvalue weighted by Crippen LogP contribution is 2.26. The number of ether oxygens (including phenoxy) is 1. The number of unbranched alkanes of at least 4 members (excludes halogenated alkanes) is 2. The zero-order chi connectivity index (χ0) is 13.7. The van der Waals surface area contributed by atoms with E-state index in [4.69, 9.17) is 4.74 Å². The van der Waals surface area contributed by atoms with Crippen molar-refractivity contribution < 1.29 is 9.53 Å². The largest absolute Gasteiger partial charge is 0.493 e. The van der Waals surface area contributed by atoms with Crippen molar-refractivity contribution in [2.45, 2.75) is 25.7 Å². The standard InChI is InChI=1S/C15H20BrNO2/c1-17(9-4-2-3-8-16)15(18)13-5-6-14-12(11-13)7-10-19-14/h5-6,11H,2-4,7-10H2,1H3. The van der Waals surface area contributed by atoms with Crippen LogP contribution in [0.2, 0.25) is 0 Å². The fourth-order valence-corrected chi connectivity index (χ4v) is 2.66. The van der Waals surface area contributed by atoms with Crippen molar-refractivity contribution in [2.75, 3.05) is 25.5 Å². The highest BCUT2D eigenvalue weighted by molar-refractivity contribution is 9.09. The summed E-state index contributed by atoms with van der Waals surface area (Å²) in [5.41, 5.74) is 1.92. The summed E-state index contributed by atoms with van der Waals surface area (Å²) in [6.07, 6.45) is 4.28. The Morgan fingerprint density at radius 3 is 3.00 bits per heavy atom. The van der Waals surface area contributed by atoms with Gasteiger partial charge in [-0.2, -0.15) is 0 Å². The molecule has 1 aliphatic heterocycles. The molecule has 0 fully saturated rings. The number of fused-ring (bicyclic) bond motifs is 1. The molecule has 1 aliphatic rings. The summed E-state index contributed by atoms with van der Waals surface area (Å²) < 4.78 is 5.46. The average molecular weight is 326 g/mol. The van der Waals surface area contributed by atoms with Gasteiger partial charge in [0.1, 0.15) is 5.75 Å². The van der Waals surface area contributed by atoms with Crippen LogP contribution in [0.1, 0.15) is 35.2 Å². The number of halogens is 1. The van der Waals surface area contributed by atoms with Crippen molar-refractivity contribution in [1.82, 2.24) is 4.90 Å². The van der Waals surface area contributed by atoms with Gasteiger partial charge in [-0.3, -0.25) is 4.79 Å². The second kappa shape index (κ2) is 6.94. The van der Waals surface area contributed by atoms with E-state index in [-0.39, 0.29) is 5.91 Å². The van der Waals surface area contributed by atoms with E-state index in [0.717, 1.165) is 61.0 Å². The molecule has 0 atom stereocenters. The second-order valence-electron chi connectivity index (χ2n) is 4.90. The first kappa shape index (κ1) is 14.4. The zero-order valence-electron chi connectivity index (χ0n) is 11.3. The molecular weight excluding hydrogens is 306 g/mol. The number of amides is 1. The van der Waals surface area contributed by atoms with Crippen LogP contribution in [-0.2, 0) is 6.42 Å². The Kier molecular flexibility index (Phi) is 5.25. The van der Waals surface area contributed by atoms with E-state index in [1.165, 1.54) is 0 Å². The fourth-order valence-electron chi connectivity index (χ4n) is 2.26. The quantitative estimate of drug-likeness (QED) is 0.593. The molecule has 0 aromatic heterocycles. The number of alkyl halides is 1. The smallest absolute Gasteiger partial charge is 0.253 e. The Morgan fingerprint density at radius 1 is 1.37 bits per heavy atom. The minimum Gasteiger partial charge on any atom is -0.493 e. The first-order valence-corrected chi connectivity index (χ1v) is 7.91. The number of benzene rings is 1. The molecule has 0 radical (unpaired) electrons. The molecule has 2 rings (SSSR count). The summed E-state index contributed by atoms with van der Waals surface area (Å²) in [6.45, 7) is 1.55. The van der Waals surface area contributed by atoms with E-state index in [1.54, 1.807) is 0 Å². The summed E-state index contributed by atoms with van der Waals surface area (Å²) in [5.74, 6) is 1.03. The normalized spacial score (nSPS) is 12.9. The molecule has 0 saturated carbocycles. The van der Waals surface area contributed by atoms with Crippen LogP contribution in [0.15, 0.2) is 18.2 Å². The van der Waals surface area contributed by atoms with Gasteiger partial charge in [0.05, 0.1) is 6.61 Å². The van der Waals surface area contributed by atoms with Crippen molar-refractivity contribution in [2.24, 2.45) is 0 Å². The van der Waals surface area contributed by atoms with Gasteiger partial charge in [0.25, 0.3) is 5.91 Å². The number of carbonyl (C=O) groups is 1. The molecule has 1 aromatic carbocycles. The summed E-state index contributed by atoms with van der Waals surface area (Å²) in [5, 5.41) is 1.04. The van der Waals surface area contributed by atoms with E-state index in [1.807, 2.05) is 30.1 Å². The van der Waals surface area contributed by atoms with Crippen molar-refractivity contribution in [1.29, 1.82) is 0 Å². The monoisotopic (exact) mass is 325 g/mol. The van der Waals surface area contributed by atoms with Gasteiger partial charge < -0.3 is 9.64 Å². The van der Waals surface area contributed by atoms with Crippen LogP contribution in [0.4, 0.5) is 0 Å². The van der Waals surface area contributed by atoms with Crippen molar-refractivity contribution >= 4 is 21.8 Å². The molecule has 0 spiro atoms. The number of carbonyl (C=O) groups excluding carboxylic acids is 1. The third kappa shape index (κ3) is 3.72. The van der Waals surface area contributed by atoms with E-state index in [2.05, 4.69) is 15.9 Å². The lowest BCUT2D eigenvalue weighted by Crippen LogP contribution is -2.27. The van der Waals surface area contributed by atoms with Gasteiger partial charge in [0, 0.05) is 30.9 Å². The fraction of sp³-hybridized carbons (Fsp3) is 0.533. The molecule has 0 aliphatic carbocycles. The van der Waals surface area contributed by atoms with Crippen LogP contribution in [-0.4, -0.2) is 36.3 Å². The van der Waals surface area contributed by atoms with Crippen LogP contribution in [0, 0.1) is 0 Å². The molecule has 0 unspecified atom stereocenters. The van der Waals surface area contributed by atoms with Crippen LogP contribution in [0.25, 0.3) is 0 Å². The molecule has 1 amide bonds. The molecule has 0 bridgehead atoms. The third-order valence-electron chi connectivity index (χ3n) is 3.41. The lowest BCUT2D eigenvalue weighted by molar-refractivity contribution is 0.0792. The van der Waals surface area contributed by atoms with Crippen LogP contribution < -0.4 is 4.74 Å². The van der Waals surface area contributed by atoms with Gasteiger partial charge in [-0.1, -0.05) is 22.4 Å². The van der Waals surface area contributed by atoms with Gasteiger partial charge in [0.2, 0.25) is 0 Å². The van der Waals surface area contributed by atoms with Crippen LogP contribution in [0.3, 0.4) is 0 Å². The molecule has 3 nitrogen and oxygen atoms in total. The van der Waals surface area contributed by atoms with Crippen molar-refractivity contribution in [3.63, 3.8) is 0 Å². The first-order valence-electron chi connectivity index (χ1n) is 6.79. The highest BCUT2D eigenvalue weighted by Gasteiger charge is 2.17. The molecule has 104 valence electrons. The van der Waals surface area contributed by atoms with Gasteiger partial charge in [-0.05, 0) is 36.6 Å². The summed E-state index contributed by atoms with van der Waals surface area (Å²) in [6, 6.07) is 5.75. The lowest BCUT2D eigenvalue weighted by atomic mass is 10.1. The Bertz CT molecular complexity index is 448. The van der Waals surface area contributed by atoms with Gasteiger partial charge in [-0.15, -0.1) is 0 Å². The number of hydrogen-bond donors (Lipinski definition) is 0. The molecule has 19 heavy (non-hydrogen) atoms. The maximum Gasteiger partial charge on any atom is 0.253 e. The van der Waals surface area contributed by atoms with E-state index >= 15 is 0 Å². The molecule has 4 heteroatoms. The Morgan fingerprint density at radius 2 is 2.21 bits per heavy atom. The van der Waals surface area contributed by atoms with Crippen LogP contribution >= 0.6 is 15.9 Å². The number of rotatable bonds is 6. The van der Waals surface area contributed by atoms with Crippen molar-refractivity contribution in [3.8, 4) is 5.75 Å². The SMILES string of the molecule is CN(CCCCCBr)C(=O)c1ccc2c(c1)CCO2. The Hall–Kier alpha value is -1.03. The predicted octanol–water partition coefficient (Wildman–Crippen LogP) is 3.26. The number of nitrogens with zero attached hydrogens (tertiary/aromatic N) is 1. The van der Waals surface area contributed by atoms with Crippen molar-refractivity contribution in [3.05, 3.63) is 29.3 Å². The average Bonchev–Trinajstić information content (AvgIpc) is 2.89. The maximum absolute atomic E-state index is 12.3. The minimum absolute atomic E-state index is 0.105. The van der Waals surface area contributed by atoms with E-state index in [0.29, 0.717) is 0 Å². The summed E-state index contributed by atoms with van der Waals surface area (Å²) in [7, 11) is 1.88. The van der Waals surface area contributed by atoms with Crippen LogP contribution in [0.5, 0.6) is 5.75 Å². The topological polar surface area (TPSA) is 29.5 Å². The lowest BCUT2D eigenvalue weighted by Gasteiger charge is -2.17. The number of hydrogen-bond acceptors (Lipinski definition) is 2. The van der Waals surface area contributed by atoms with Gasteiger partial charge >= 0.3 is 0 Å². The van der Waals surface area contributed by atoms with Gasteiger partial charge in [0.15, 0.2) is 0 Å². The molecule has 1 aromatic rings. The summed E-state index contributed by atoms with van der Waals surface area (Å²) in [4.78, 5) is 14.1. The Balaban J connectivity index is 1.91. The Labute approximate surface area is 123 Å². The molecule has 0 saturated heterocycles. The molecule has 0 N–H and O–H groups in total. The summed E-state index contributed by atoms with van der Waals surface area (Å²) >= 11 is 3.42. The molecular formula is C15H20BrNO2.